The average Bonchev–Trinajstić information content (AvgIpc) is 2.08. The number of aryl methyl sites for hydroxylation is 1. The summed E-state index contributed by atoms with van der Waals surface area (Å²) in [7, 11) is 0. The van der Waals surface area contributed by atoms with Gasteiger partial charge in [-0.15, -0.1) is 0 Å². The summed E-state index contributed by atoms with van der Waals surface area (Å²) in [5, 5.41) is 0. The van der Waals surface area contributed by atoms with Gasteiger partial charge in [0.05, 0.1) is 0 Å². The predicted octanol–water partition coefficient (Wildman–Crippen LogP) is 0.114. The van der Waals surface area contributed by atoms with Gasteiger partial charge in [-0.2, -0.15) is 0 Å². The molecule has 0 radical (unpaired) electrons. The third-order valence-electron chi connectivity index (χ3n) is 1.72. The van der Waals surface area contributed by atoms with Gasteiger partial charge in [-0.05, 0) is 12.5 Å². The number of carbonyl (C=O) groups excluding carboxylic acids is 1. The van der Waals surface area contributed by atoms with Crippen LogP contribution >= 0.6 is 0 Å². The van der Waals surface area contributed by atoms with Crippen molar-refractivity contribution in [3.05, 3.63) is 34.7 Å². The Hall–Kier alpha value is -1.58. The first kappa shape index (κ1) is 9.51. The van der Waals surface area contributed by atoms with Crippen molar-refractivity contribution in [3.63, 3.8) is 0 Å². The van der Waals surface area contributed by atoms with E-state index >= 15 is 0 Å². The zero-order valence-corrected chi connectivity index (χ0v) is 7.27. The molecule has 0 atom stereocenters. The number of hydrogen-bond donors (Lipinski definition) is 1. The first-order valence-electron chi connectivity index (χ1n) is 4.14. The fourth-order valence-electron chi connectivity index (χ4n) is 1.07. The van der Waals surface area contributed by atoms with E-state index < -0.39 is 0 Å². The van der Waals surface area contributed by atoms with Crippen LogP contribution in [0.5, 0.6) is 0 Å². The number of aromatic nitrogens is 1. The minimum atomic E-state index is -0.330. The summed E-state index contributed by atoms with van der Waals surface area (Å²) in [6, 6.07) is 4.96. The first-order valence-corrected chi connectivity index (χ1v) is 4.14. The second-order valence-corrected chi connectivity index (χ2v) is 2.80. The van der Waals surface area contributed by atoms with Crippen molar-refractivity contribution in [1.29, 1.82) is 0 Å². The number of pyridine rings is 1. The molecule has 0 unspecified atom stereocenters. The summed E-state index contributed by atoms with van der Waals surface area (Å²) >= 11 is 0. The van der Waals surface area contributed by atoms with Crippen LogP contribution in [0.25, 0.3) is 0 Å². The van der Waals surface area contributed by atoms with Crippen LogP contribution in [0.2, 0.25) is 0 Å². The number of amides is 1. The van der Waals surface area contributed by atoms with Crippen molar-refractivity contribution < 1.29 is 4.79 Å². The number of hydrogen-bond acceptors (Lipinski definition) is 2. The lowest BCUT2D eigenvalue weighted by molar-refractivity contribution is -0.118. The second-order valence-electron chi connectivity index (χ2n) is 2.80. The minimum absolute atomic E-state index is 0.0491. The van der Waals surface area contributed by atoms with Crippen LogP contribution in [0, 0.1) is 0 Å². The largest absolute Gasteiger partial charge is 0.370 e. The van der Waals surface area contributed by atoms with Crippen LogP contribution in [0.1, 0.15) is 12.8 Å². The maximum atomic E-state index is 11.1. The molecule has 0 spiro atoms. The molecule has 0 aliphatic carbocycles. The highest BCUT2D eigenvalue weighted by Crippen LogP contribution is 1.91. The number of carbonyl (C=O) groups is 1. The normalized spacial score (nSPS) is 9.85. The molecule has 4 nitrogen and oxygen atoms in total. The molecule has 1 heterocycles. The van der Waals surface area contributed by atoms with Crippen LogP contribution < -0.4 is 11.3 Å². The molecule has 0 aromatic carbocycles. The van der Waals surface area contributed by atoms with Gasteiger partial charge in [-0.25, -0.2) is 0 Å². The highest BCUT2D eigenvalue weighted by molar-refractivity contribution is 5.73. The third kappa shape index (κ3) is 3.11. The summed E-state index contributed by atoms with van der Waals surface area (Å²) in [4.78, 5) is 21.6. The molecule has 2 N–H and O–H groups in total. The van der Waals surface area contributed by atoms with Gasteiger partial charge >= 0.3 is 0 Å². The Labute approximate surface area is 76.0 Å². The lowest BCUT2D eigenvalue weighted by Crippen LogP contribution is -2.19. The number of primary amides is 1. The van der Waals surface area contributed by atoms with E-state index in [-0.39, 0.29) is 11.5 Å². The van der Waals surface area contributed by atoms with E-state index in [0.717, 1.165) is 0 Å². The Morgan fingerprint density at radius 1 is 1.46 bits per heavy atom. The summed E-state index contributed by atoms with van der Waals surface area (Å²) < 4.78 is 1.56. The molecular weight excluding hydrogens is 168 g/mol. The topological polar surface area (TPSA) is 65.1 Å². The number of rotatable bonds is 4. The zero-order chi connectivity index (χ0) is 9.68. The molecule has 0 bridgehead atoms. The van der Waals surface area contributed by atoms with E-state index in [9.17, 15) is 9.59 Å². The van der Waals surface area contributed by atoms with Gasteiger partial charge in [0.1, 0.15) is 0 Å². The smallest absolute Gasteiger partial charge is 0.250 e. The summed E-state index contributed by atoms with van der Waals surface area (Å²) in [5.74, 6) is -0.330. The SMILES string of the molecule is NC(=O)CCCn1ccccc1=O. The molecule has 0 fully saturated rings. The van der Waals surface area contributed by atoms with Crippen LogP contribution in [0.4, 0.5) is 0 Å². The molecule has 13 heavy (non-hydrogen) atoms. The Morgan fingerprint density at radius 3 is 2.85 bits per heavy atom. The highest BCUT2D eigenvalue weighted by atomic mass is 16.1. The summed E-state index contributed by atoms with van der Waals surface area (Å²) in [5.41, 5.74) is 4.92. The Kier molecular flexibility index (Phi) is 3.25. The molecule has 0 saturated carbocycles. The van der Waals surface area contributed by atoms with Crippen LogP contribution in [-0.4, -0.2) is 10.5 Å². The fraction of sp³-hybridized carbons (Fsp3) is 0.333. The summed E-state index contributed by atoms with van der Waals surface area (Å²) in [6.45, 7) is 0.544. The predicted molar refractivity (Wildman–Crippen MR) is 49.1 cm³/mol. The molecule has 4 heteroatoms. The van der Waals surface area contributed by atoms with Gasteiger partial charge in [0.2, 0.25) is 11.5 Å². The molecule has 1 aromatic rings. The van der Waals surface area contributed by atoms with Crippen molar-refractivity contribution in [1.82, 2.24) is 4.57 Å². The van der Waals surface area contributed by atoms with Crippen molar-refractivity contribution in [2.24, 2.45) is 5.73 Å². The Morgan fingerprint density at radius 2 is 2.23 bits per heavy atom. The lowest BCUT2D eigenvalue weighted by Gasteiger charge is -2.02. The van der Waals surface area contributed by atoms with Gasteiger partial charge in [-0.3, -0.25) is 9.59 Å². The van der Waals surface area contributed by atoms with Crippen molar-refractivity contribution in [2.75, 3.05) is 0 Å². The molecule has 70 valence electrons. The molecule has 1 aromatic heterocycles. The van der Waals surface area contributed by atoms with Crippen LogP contribution in [-0.2, 0) is 11.3 Å². The highest BCUT2D eigenvalue weighted by Gasteiger charge is 1.96. The van der Waals surface area contributed by atoms with E-state index in [1.165, 1.54) is 6.07 Å². The molecular formula is C9H12N2O2. The first-order chi connectivity index (χ1) is 6.20. The van der Waals surface area contributed by atoms with Crippen LogP contribution in [0.3, 0.4) is 0 Å². The maximum absolute atomic E-state index is 11.1. The van der Waals surface area contributed by atoms with E-state index in [1.807, 2.05) is 0 Å². The van der Waals surface area contributed by atoms with Gasteiger partial charge in [0.25, 0.3) is 0 Å². The molecule has 1 amide bonds. The van der Waals surface area contributed by atoms with Gasteiger partial charge in [0, 0.05) is 25.2 Å². The molecule has 1 rings (SSSR count). The monoisotopic (exact) mass is 180 g/mol. The minimum Gasteiger partial charge on any atom is -0.370 e. The van der Waals surface area contributed by atoms with Crippen molar-refractivity contribution >= 4 is 5.91 Å². The fourth-order valence-corrected chi connectivity index (χ4v) is 1.07. The maximum Gasteiger partial charge on any atom is 0.250 e. The Bertz CT molecular complexity index is 343. The molecule has 0 aliphatic heterocycles. The quantitative estimate of drug-likeness (QED) is 0.714. The third-order valence-corrected chi connectivity index (χ3v) is 1.72. The zero-order valence-electron chi connectivity index (χ0n) is 7.27. The van der Waals surface area contributed by atoms with Gasteiger partial charge in [-0.1, -0.05) is 6.07 Å². The van der Waals surface area contributed by atoms with E-state index in [1.54, 1.807) is 22.9 Å². The Balaban J connectivity index is 2.50. The van der Waals surface area contributed by atoms with E-state index in [2.05, 4.69) is 0 Å². The van der Waals surface area contributed by atoms with E-state index in [0.29, 0.717) is 19.4 Å². The van der Waals surface area contributed by atoms with Crippen molar-refractivity contribution in [3.8, 4) is 0 Å². The van der Waals surface area contributed by atoms with E-state index in [4.69, 9.17) is 5.73 Å². The second kappa shape index (κ2) is 4.45. The standard InChI is InChI=1S/C9H12N2O2/c10-8(12)4-3-7-11-6-2-1-5-9(11)13/h1-2,5-6H,3-4,7H2,(H2,10,12). The van der Waals surface area contributed by atoms with Gasteiger partial charge in [0.15, 0.2) is 0 Å². The average molecular weight is 180 g/mol. The number of nitrogens with zero attached hydrogens (tertiary/aromatic N) is 1. The van der Waals surface area contributed by atoms with Crippen molar-refractivity contribution in [2.45, 2.75) is 19.4 Å². The van der Waals surface area contributed by atoms with Gasteiger partial charge < -0.3 is 10.3 Å². The molecule has 0 aliphatic rings. The summed E-state index contributed by atoms with van der Waals surface area (Å²) in [6.07, 6.45) is 2.63. The lowest BCUT2D eigenvalue weighted by atomic mass is 10.3. The molecule has 0 saturated heterocycles. The van der Waals surface area contributed by atoms with Crippen LogP contribution in [0.15, 0.2) is 29.2 Å². The number of nitrogens with two attached hydrogens (primary N) is 1.